The number of amides is 2. The van der Waals surface area contributed by atoms with Gasteiger partial charge in [0.15, 0.2) is 5.41 Å². The molecule has 12 nitrogen and oxygen atoms in total. The van der Waals surface area contributed by atoms with Crippen LogP contribution in [0.5, 0.6) is 0 Å². The quantitative estimate of drug-likeness (QED) is 0.0239. The van der Waals surface area contributed by atoms with Gasteiger partial charge in [-0.15, -0.1) is 0 Å². The summed E-state index contributed by atoms with van der Waals surface area (Å²) in [5, 5.41) is 24.0. The van der Waals surface area contributed by atoms with Crippen LogP contribution in [0.25, 0.3) is 88.4 Å². The number of carbonyl (C=O) groups excluding carboxylic acids is 4. The molecule has 2 amide bonds. The number of fused-ring (bicyclic) bond motifs is 4. The van der Waals surface area contributed by atoms with Gasteiger partial charge >= 0.3 is 24.1 Å². The minimum Gasteiger partial charge on any atom is -0.462 e. The number of benzene rings is 4. The summed E-state index contributed by atoms with van der Waals surface area (Å²) in [5.74, 6) is 5.17. The monoisotopic (exact) mass is 1130 g/mol. The van der Waals surface area contributed by atoms with Crippen molar-refractivity contribution in [2.24, 2.45) is 58.7 Å². The Hall–Kier alpha value is -6.76. The van der Waals surface area contributed by atoms with Gasteiger partial charge in [-0.25, -0.2) is 9.59 Å². The Morgan fingerprint density at radius 3 is 1.60 bits per heavy atom. The minimum absolute atomic E-state index is 0.0538. The molecule has 0 radical (unpaired) electrons. The topological polar surface area (TPSA) is 148 Å². The highest BCUT2D eigenvalue weighted by molar-refractivity contribution is 6.49. The maximum atomic E-state index is 16.2. The lowest BCUT2D eigenvalue weighted by Crippen LogP contribution is -2.60. The van der Waals surface area contributed by atoms with Crippen LogP contribution in [0.3, 0.4) is 0 Å². The summed E-state index contributed by atoms with van der Waals surface area (Å²) in [7, 11) is 0. The number of allylic oxidation sites excluding steroid dienone is 5. The molecule has 7 aromatic carbocycles. The van der Waals surface area contributed by atoms with E-state index in [1.54, 1.807) is 11.1 Å². The Bertz CT molecular complexity index is 4480. The molecule has 0 aromatic heterocycles. The number of esters is 2. The summed E-state index contributed by atoms with van der Waals surface area (Å²) < 4.78 is 36.5. The molecular weight excluding hydrogens is 1060 g/mol. The van der Waals surface area contributed by atoms with E-state index in [-0.39, 0.29) is 82.0 Å². The first kappa shape index (κ1) is 46.5. The third kappa shape index (κ3) is 4.82. The van der Waals surface area contributed by atoms with Crippen LogP contribution in [0.4, 0.5) is 9.59 Å². The van der Waals surface area contributed by atoms with E-state index in [1.807, 2.05) is 0 Å². The second-order valence-corrected chi connectivity index (χ2v) is 30.4. The second kappa shape index (κ2) is 14.6. The van der Waals surface area contributed by atoms with Crippen LogP contribution in [0.2, 0.25) is 0 Å². The summed E-state index contributed by atoms with van der Waals surface area (Å²) in [6.07, 6.45) is 32.4. The fraction of sp³-hybridized carbons (Fsp3) is 0.507. The lowest BCUT2D eigenvalue weighted by molar-refractivity contribution is -0.168. The van der Waals surface area contributed by atoms with E-state index in [0.29, 0.717) is 65.1 Å². The molecule has 10 fully saturated rings. The summed E-state index contributed by atoms with van der Waals surface area (Å²) in [6, 6.07) is 4.83. The van der Waals surface area contributed by atoms with Crippen molar-refractivity contribution in [1.29, 1.82) is 0 Å². The molecule has 8 unspecified atom stereocenters. The van der Waals surface area contributed by atoms with Gasteiger partial charge in [-0.05, 0) is 250 Å². The second-order valence-electron chi connectivity index (χ2n) is 30.4. The van der Waals surface area contributed by atoms with E-state index in [2.05, 4.69) is 71.4 Å². The molecule has 0 heterocycles. The Morgan fingerprint density at radius 1 is 0.459 bits per heavy atom. The Kier molecular flexibility index (Phi) is 7.99. The molecular formula is C73H64N2O10. The molecule has 0 saturated heterocycles. The number of carbonyl (C=O) groups is 4. The molecule has 25 rings (SSSR count). The van der Waals surface area contributed by atoms with Crippen molar-refractivity contribution in [1.82, 2.24) is 10.6 Å². The largest absolute Gasteiger partial charge is 0.462 e. The van der Waals surface area contributed by atoms with Crippen LogP contribution in [0.15, 0.2) is 42.5 Å². The number of ether oxygens (including phenoxy) is 6. The molecule has 10 saturated carbocycles. The van der Waals surface area contributed by atoms with E-state index in [1.165, 1.54) is 136 Å². The van der Waals surface area contributed by atoms with Gasteiger partial charge < -0.3 is 39.1 Å². The summed E-state index contributed by atoms with van der Waals surface area (Å²) in [5.41, 5.74) is 7.56. The average molecular weight is 1130 g/mol. The highest BCUT2D eigenvalue weighted by Crippen LogP contribution is 2.89. The molecule has 7 aromatic rings. The number of hydrogen-bond donors (Lipinski definition) is 2. The Labute approximate surface area is 489 Å². The van der Waals surface area contributed by atoms with E-state index in [9.17, 15) is 9.59 Å². The molecule has 8 atom stereocenters. The van der Waals surface area contributed by atoms with E-state index < -0.39 is 28.2 Å². The van der Waals surface area contributed by atoms with Crippen molar-refractivity contribution in [2.75, 3.05) is 52.9 Å². The smallest absolute Gasteiger partial charge is 0.407 e. The SMILES string of the molecule is O=C(NC12CC3CC(CC(C3)C1)C2)OCCOCCOC(=O)C1(C(=O)OCCOCCOC(=O)NC23CC4CC(CC(C4)C2)C3)C23C=Cc4c5c6c7c4c2c2c4c8c(c9ccc%10c%11c%12c%13c(c7c2c%13c8c9%11)=C2C6C(C=C5)C5C=CC%10C%12C25)C=CC413. The zero-order valence-electron chi connectivity index (χ0n) is 47.4. The first-order valence-corrected chi connectivity index (χ1v) is 32.7. The van der Waals surface area contributed by atoms with Crippen molar-refractivity contribution >= 4 is 113 Å². The fourth-order valence-corrected chi connectivity index (χ4v) is 26.0. The molecule has 2 spiro atoms. The Balaban J connectivity index is 0.602. The van der Waals surface area contributed by atoms with Crippen LogP contribution in [0, 0.1) is 58.7 Å². The van der Waals surface area contributed by atoms with E-state index in [4.69, 9.17) is 28.4 Å². The van der Waals surface area contributed by atoms with Gasteiger partial charge in [-0.1, -0.05) is 60.7 Å². The highest BCUT2D eigenvalue weighted by atomic mass is 16.6. The molecule has 0 aliphatic heterocycles. The lowest BCUT2D eigenvalue weighted by Gasteiger charge is -2.56. The summed E-state index contributed by atoms with van der Waals surface area (Å²) in [4.78, 5) is 58.8. The standard InChI is InChI=1S/C73H64N2O10/c76-65(82-15-11-80-13-17-84-67(78)74-69-25-31-19-32(26-69)21-33(20-31)27-69)73(66(77)83-16-12-81-14-18-85-68(79)75-70-28-34-22-35(29-70)24-36(23-34)30-70)71-9-7-43-41-5-3-39-37-1-2-38-40-4-6-42-44-8-10-72(71,73)64-52(44)56-50(42)48(40)54-46(38)45(37)53-47(39)49(41)55-51(43)63(71)62(64)61-59(55)57(53)58(54)60(56)61/h1-10,31-39,45-47H,11-30H2,(H,74,78)(H,75,79). The fourth-order valence-electron chi connectivity index (χ4n) is 26.0. The van der Waals surface area contributed by atoms with Gasteiger partial charge in [0, 0.05) is 28.8 Å². The zero-order chi connectivity index (χ0) is 55.3. The van der Waals surface area contributed by atoms with E-state index >= 15 is 9.59 Å². The van der Waals surface area contributed by atoms with Crippen molar-refractivity contribution in [3.8, 4) is 0 Å². The van der Waals surface area contributed by atoms with Crippen molar-refractivity contribution in [3.63, 3.8) is 0 Å². The molecule has 2 N–H and O–H groups in total. The van der Waals surface area contributed by atoms with Crippen molar-refractivity contribution in [3.05, 3.63) is 92.2 Å². The van der Waals surface area contributed by atoms with Crippen molar-refractivity contribution in [2.45, 2.75) is 117 Å². The normalized spacial score (nSPS) is 39.4. The zero-order valence-corrected chi connectivity index (χ0v) is 47.4. The molecule has 18 aliphatic rings. The lowest BCUT2D eigenvalue weighted by atomic mass is 9.53. The molecule has 12 heteroatoms. The predicted molar refractivity (Wildman–Crippen MR) is 319 cm³/mol. The molecule has 18 aliphatic carbocycles. The number of rotatable bonds is 16. The van der Waals surface area contributed by atoms with Gasteiger partial charge in [0.1, 0.15) is 26.4 Å². The average Bonchev–Trinajstić information content (AvgIpc) is 1.39. The number of hydrogen-bond acceptors (Lipinski definition) is 10. The van der Waals surface area contributed by atoms with Crippen LogP contribution in [-0.2, 0) is 48.8 Å². The van der Waals surface area contributed by atoms with Crippen LogP contribution in [0.1, 0.15) is 139 Å². The summed E-state index contributed by atoms with van der Waals surface area (Å²) in [6.45, 7) is 0.316. The highest BCUT2D eigenvalue weighted by Gasteiger charge is 2.98. The third-order valence-electron chi connectivity index (χ3n) is 27.0. The Morgan fingerprint density at radius 2 is 1.00 bits per heavy atom. The van der Waals surface area contributed by atoms with Gasteiger partial charge in [-0.3, -0.25) is 9.59 Å². The maximum Gasteiger partial charge on any atom is 0.407 e. The van der Waals surface area contributed by atoms with Gasteiger partial charge in [0.05, 0.1) is 37.3 Å². The van der Waals surface area contributed by atoms with Gasteiger partial charge in [0.25, 0.3) is 0 Å². The third-order valence-corrected chi connectivity index (χ3v) is 27.0. The number of nitrogens with one attached hydrogen (secondary N) is 2. The summed E-state index contributed by atoms with van der Waals surface area (Å²) >= 11 is 0. The predicted octanol–water partition coefficient (Wildman–Crippen LogP) is 11.6. The van der Waals surface area contributed by atoms with Crippen molar-refractivity contribution < 1.29 is 47.6 Å². The van der Waals surface area contributed by atoms with Crippen LogP contribution >= 0.6 is 0 Å². The van der Waals surface area contributed by atoms with E-state index in [0.717, 1.165) is 49.7 Å². The van der Waals surface area contributed by atoms with Gasteiger partial charge in [-0.2, -0.15) is 0 Å². The van der Waals surface area contributed by atoms with Crippen LogP contribution < -0.4 is 15.9 Å². The molecule has 8 bridgehead atoms. The maximum absolute atomic E-state index is 16.2. The van der Waals surface area contributed by atoms with Crippen LogP contribution in [-0.4, -0.2) is 88.1 Å². The van der Waals surface area contributed by atoms with Gasteiger partial charge in [0.2, 0.25) is 0 Å². The number of alkyl carbamates (subject to hydrolysis) is 2. The molecule has 426 valence electrons. The first-order chi connectivity index (χ1) is 41.6. The first-order valence-electron chi connectivity index (χ1n) is 32.7. The minimum atomic E-state index is -1.83. The molecule has 85 heavy (non-hydrogen) atoms.